The topological polar surface area (TPSA) is 20.2 Å². The molecular weight excluding hydrogens is 112 g/mol. The summed E-state index contributed by atoms with van der Waals surface area (Å²) < 4.78 is 0. The lowest BCUT2D eigenvalue weighted by molar-refractivity contribution is 0.149. The second kappa shape index (κ2) is 4.57. The van der Waals surface area contributed by atoms with Crippen LogP contribution in [0, 0.1) is 5.92 Å². The molecule has 0 amide bonds. The van der Waals surface area contributed by atoms with Gasteiger partial charge in [-0.05, 0) is 18.8 Å². The third kappa shape index (κ3) is 4.22. The maximum Gasteiger partial charge on any atom is 0.0543 e. The molecule has 54 valence electrons. The third-order valence-corrected chi connectivity index (χ3v) is 1.52. The second-order valence-corrected chi connectivity index (χ2v) is 2.51. The maximum absolute atomic E-state index is 9.11. The van der Waals surface area contributed by atoms with Crippen LogP contribution in [-0.2, 0) is 0 Å². The van der Waals surface area contributed by atoms with Crippen LogP contribution >= 0.6 is 0 Å². The number of allylic oxidation sites excluding steroid dienone is 1. The van der Waals surface area contributed by atoms with Gasteiger partial charge < -0.3 is 5.11 Å². The first-order valence-electron chi connectivity index (χ1n) is 3.51. The van der Waals surface area contributed by atoms with E-state index in [1.165, 1.54) is 0 Å². The molecule has 0 saturated carbocycles. The van der Waals surface area contributed by atoms with Gasteiger partial charge in [-0.15, -0.1) is 6.58 Å². The Morgan fingerprint density at radius 3 is 2.56 bits per heavy atom. The van der Waals surface area contributed by atoms with Crippen LogP contribution < -0.4 is 0 Å². The summed E-state index contributed by atoms with van der Waals surface area (Å²) >= 11 is 0. The van der Waals surface area contributed by atoms with Gasteiger partial charge in [-0.2, -0.15) is 0 Å². The van der Waals surface area contributed by atoms with Crippen LogP contribution in [0.15, 0.2) is 12.7 Å². The number of rotatable bonds is 4. The first-order chi connectivity index (χ1) is 4.20. The molecule has 0 aromatic carbocycles. The van der Waals surface area contributed by atoms with Crippen molar-refractivity contribution in [3.8, 4) is 0 Å². The molecule has 0 fully saturated rings. The van der Waals surface area contributed by atoms with Crippen LogP contribution in [0.2, 0.25) is 0 Å². The summed E-state index contributed by atoms with van der Waals surface area (Å²) in [6.45, 7) is 7.68. The standard InChI is InChI=1S/C8H16O/c1-4-7(3)6-8(9)5-2/h4,7-9H,1,5-6H2,2-3H3. The Hall–Kier alpha value is -0.300. The fourth-order valence-corrected chi connectivity index (χ4v) is 0.692. The van der Waals surface area contributed by atoms with E-state index in [9.17, 15) is 0 Å². The van der Waals surface area contributed by atoms with Crippen molar-refractivity contribution in [1.82, 2.24) is 0 Å². The summed E-state index contributed by atoms with van der Waals surface area (Å²) in [5.74, 6) is 0.444. The molecule has 0 spiro atoms. The molecule has 2 unspecified atom stereocenters. The maximum atomic E-state index is 9.11. The molecule has 0 bridgehead atoms. The fourth-order valence-electron chi connectivity index (χ4n) is 0.692. The summed E-state index contributed by atoms with van der Waals surface area (Å²) in [5.41, 5.74) is 0. The third-order valence-electron chi connectivity index (χ3n) is 1.52. The van der Waals surface area contributed by atoms with Crippen LogP contribution in [-0.4, -0.2) is 11.2 Å². The van der Waals surface area contributed by atoms with E-state index in [2.05, 4.69) is 13.5 Å². The Balaban J connectivity index is 3.33. The molecule has 0 aliphatic rings. The number of aliphatic hydroxyl groups excluding tert-OH is 1. The minimum atomic E-state index is -0.141. The summed E-state index contributed by atoms with van der Waals surface area (Å²) in [7, 11) is 0. The van der Waals surface area contributed by atoms with E-state index in [4.69, 9.17) is 5.11 Å². The highest BCUT2D eigenvalue weighted by Crippen LogP contribution is 2.08. The van der Waals surface area contributed by atoms with Crippen molar-refractivity contribution in [1.29, 1.82) is 0 Å². The lowest BCUT2D eigenvalue weighted by Crippen LogP contribution is -2.08. The van der Waals surface area contributed by atoms with Gasteiger partial charge in [0.2, 0.25) is 0 Å². The molecule has 2 atom stereocenters. The van der Waals surface area contributed by atoms with E-state index in [0.717, 1.165) is 12.8 Å². The van der Waals surface area contributed by atoms with Crippen LogP contribution in [0.5, 0.6) is 0 Å². The van der Waals surface area contributed by atoms with E-state index in [-0.39, 0.29) is 6.10 Å². The summed E-state index contributed by atoms with van der Waals surface area (Å²) in [4.78, 5) is 0. The molecule has 1 heteroatoms. The molecule has 0 radical (unpaired) electrons. The summed E-state index contributed by atoms with van der Waals surface area (Å²) in [6, 6.07) is 0. The first-order valence-corrected chi connectivity index (χ1v) is 3.51. The van der Waals surface area contributed by atoms with Crippen LogP contribution in [0.25, 0.3) is 0 Å². The Morgan fingerprint density at radius 2 is 2.22 bits per heavy atom. The van der Waals surface area contributed by atoms with Crippen LogP contribution in [0.1, 0.15) is 26.7 Å². The lowest BCUT2D eigenvalue weighted by Gasteiger charge is -2.09. The Kier molecular flexibility index (Phi) is 4.41. The van der Waals surface area contributed by atoms with Gasteiger partial charge in [0, 0.05) is 0 Å². The van der Waals surface area contributed by atoms with Crippen LogP contribution in [0.3, 0.4) is 0 Å². The van der Waals surface area contributed by atoms with Gasteiger partial charge >= 0.3 is 0 Å². The molecule has 0 aromatic heterocycles. The molecule has 1 nitrogen and oxygen atoms in total. The molecule has 1 N–H and O–H groups in total. The van der Waals surface area contributed by atoms with Gasteiger partial charge in [0.1, 0.15) is 0 Å². The fraction of sp³-hybridized carbons (Fsp3) is 0.750. The number of hydrogen-bond acceptors (Lipinski definition) is 1. The summed E-state index contributed by atoms with van der Waals surface area (Å²) in [5, 5.41) is 9.11. The Morgan fingerprint density at radius 1 is 1.67 bits per heavy atom. The molecule has 0 heterocycles. The Bertz CT molecular complexity index is 78.6. The molecular formula is C8H16O. The number of hydrogen-bond donors (Lipinski definition) is 1. The van der Waals surface area contributed by atoms with Crippen molar-refractivity contribution in [2.45, 2.75) is 32.8 Å². The Labute approximate surface area is 57.4 Å². The van der Waals surface area contributed by atoms with Crippen molar-refractivity contribution < 1.29 is 5.11 Å². The minimum Gasteiger partial charge on any atom is -0.393 e. The molecule has 0 aliphatic heterocycles. The highest BCUT2D eigenvalue weighted by atomic mass is 16.3. The quantitative estimate of drug-likeness (QED) is 0.574. The SMILES string of the molecule is C=CC(C)CC(O)CC. The normalized spacial score (nSPS) is 16.8. The van der Waals surface area contributed by atoms with Gasteiger partial charge in [0.15, 0.2) is 0 Å². The minimum absolute atomic E-state index is 0.141. The van der Waals surface area contributed by atoms with E-state index < -0.39 is 0 Å². The van der Waals surface area contributed by atoms with Gasteiger partial charge in [0.25, 0.3) is 0 Å². The number of aliphatic hydroxyl groups is 1. The molecule has 0 aromatic rings. The zero-order valence-electron chi connectivity index (χ0n) is 6.30. The van der Waals surface area contributed by atoms with E-state index in [0.29, 0.717) is 5.92 Å². The predicted molar refractivity (Wildman–Crippen MR) is 40.3 cm³/mol. The lowest BCUT2D eigenvalue weighted by atomic mass is 10.0. The van der Waals surface area contributed by atoms with E-state index >= 15 is 0 Å². The molecule has 0 saturated heterocycles. The van der Waals surface area contributed by atoms with E-state index in [1.54, 1.807) is 0 Å². The zero-order chi connectivity index (χ0) is 7.28. The zero-order valence-corrected chi connectivity index (χ0v) is 6.30. The molecule has 9 heavy (non-hydrogen) atoms. The van der Waals surface area contributed by atoms with Crippen molar-refractivity contribution in [3.63, 3.8) is 0 Å². The highest BCUT2D eigenvalue weighted by Gasteiger charge is 2.03. The van der Waals surface area contributed by atoms with Crippen molar-refractivity contribution in [3.05, 3.63) is 12.7 Å². The molecule has 0 rings (SSSR count). The van der Waals surface area contributed by atoms with Crippen molar-refractivity contribution >= 4 is 0 Å². The largest absolute Gasteiger partial charge is 0.393 e. The summed E-state index contributed by atoms with van der Waals surface area (Å²) in [6.07, 6.45) is 3.43. The monoisotopic (exact) mass is 128 g/mol. The predicted octanol–water partition coefficient (Wildman–Crippen LogP) is 1.97. The van der Waals surface area contributed by atoms with Gasteiger partial charge in [-0.3, -0.25) is 0 Å². The van der Waals surface area contributed by atoms with E-state index in [1.807, 2.05) is 13.0 Å². The van der Waals surface area contributed by atoms with Gasteiger partial charge in [-0.25, -0.2) is 0 Å². The smallest absolute Gasteiger partial charge is 0.0543 e. The second-order valence-electron chi connectivity index (χ2n) is 2.51. The average Bonchev–Trinajstić information content (AvgIpc) is 1.87. The molecule has 0 aliphatic carbocycles. The van der Waals surface area contributed by atoms with Crippen LogP contribution in [0.4, 0.5) is 0 Å². The van der Waals surface area contributed by atoms with Crippen molar-refractivity contribution in [2.75, 3.05) is 0 Å². The highest BCUT2D eigenvalue weighted by molar-refractivity contribution is 4.76. The van der Waals surface area contributed by atoms with Gasteiger partial charge in [-0.1, -0.05) is 19.9 Å². The average molecular weight is 128 g/mol. The van der Waals surface area contributed by atoms with Gasteiger partial charge in [0.05, 0.1) is 6.10 Å². The first kappa shape index (κ1) is 8.70. The van der Waals surface area contributed by atoms with Crippen molar-refractivity contribution in [2.24, 2.45) is 5.92 Å².